The van der Waals surface area contributed by atoms with Gasteiger partial charge in [0.15, 0.2) is 0 Å². The molecule has 0 radical (unpaired) electrons. The minimum Gasteiger partial charge on any atom is -0.375 e. The van der Waals surface area contributed by atoms with Crippen LogP contribution >= 0.6 is 0 Å². The number of hydrogen-bond acceptors (Lipinski definition) is 5. The fraction of sp³-hybridized carbons (Fsp3) is 0.368. The first kappa shape index (κ1) is 16.4. The summed E-state index contributed by atoms with van der Waals surface area (Å²) in [5.41, 5.74) is 1.85. The zero-order valence-corrected chi connectivity index (χ0v) is 13.9. The molecule has 1 aliphatic rings. The molecular formula is C19H22N4O. The fourth-order valence-electron chi connectivity index (χ4n) is 3.10. The van der Waals surface area contributed by atoms with Crippen LogP contribution < -0.4 is 4.90 Å². The van der Waals surface area contributed by atoms with Gasteiger partial charge in [0, 0.05) is 46.0 Å². The zero-order valence-electron chi connectivity index (χ0n) is 13.9. The summed E-state index contributed by atoms with van der Waals surface area (Å²) >= 11 is 0. The summed E-state index contributed by atoms with van der Waals surface area (Å²) in [4.78, 5) is 8.99. The van der Waals surface area contributed by atoms with Gasteiger partial charge in [-0.15, -0.1) is 0 Å². The Balaban J connectivity index is 1.60. The molecule has 24 heavy (non-hydrogen) atoms. The van der Waals surface area contributed by atoms with Crippen LogP contribution in [0.4, 0.5) is 5.82 Å². The lowest BCUT2D eigenvalue weighted by Crippen LogP contribution is -2.48. The van der Waals surface area contributed by atoms with E-state index in [1.165, 1.54) is 5.56 Å². The maximum atomic E-state index is 9.23. The summed E-state index contributed by atoms with van der Waals surface area (Å²) in [6.45, 7) is 4.50. The van der Waals surface area contributed by atoms with Crippen LogP contribution in [0.3, 0.4) is 0 Å². The number of nitrogens with zero attached hydrogens (tertiary/aromatic N) is 4. The number of piperazine rings is 1. The van der Waals surface area contributed by atoms with E-state index in [1.807, 2.05) is 24.3 Å². The number of aromatic nitrogens is 1. The molecule has 1 aliphatic heterocycles. The maximum Gasteiger partial charge on any atom is 0.146 e. The van der Waals surface area contributed by atoms with Gasteiger partial charge in [-0.2, -0.15) is 5.26 Å². The first-order valence-electron chi connectivity index (χ1n) is 8.22. The van der Waals surface area contributed by atoms with Crippen LogP contribution in [0.15, 0.2) is 48.7 Å². The molecule has 0 spiro atoms. The van der Waals surface area contributed by atoms with Crippen molar-refractivity contribution < 1.29 is 4.74 Å². The summed E-state index contributed by atoms with van der Waals surface area (Å²) in [6.07, 6.45) is 1.83. The van der Waals surface area contributed by atoms with Gasteiger partial charge in [-0.05, 0) is 17.7 Å². The highest BCUT2D eigenvalue weighted by atomic mass is 16.5. The van der Waals surface area contributed by atoms with Gasteiger partial charge in [0.25, 0.3) is 0 Å². The Morgan fingerprint density at radius 1 is 1.12 bits per heavy atom. The van der Waals surface area contributed by atoms with Gasteiger partial charge in [-0.1, -0.05) is 30.3 Å². The van der Waals surface area contributed by atoms with Crippen LogP contribution in [-0.2, 0) is 4.74 Å². The average Bonchev–Trinajstić information content (AvgIpc) is 2.67. The van der Waals surface area contributed by atoms with Gasteiger partial charge in [0.05, 0.1) is 11.7 Å². The number of anilines is 1. The number of hydrogen-bond donors (Lipinski definition) is 0. The largest absolute Gasteiger partial charge is 0.375 e. The highest BCUT2D eigenvalue weighted by Gasteiger charge is 2.22. The van der Waals surface area contributed by atoms with Gasteiger partial charge in [0.2, 0.25) is 0 Å². The monoisotopic (exact) mass is 322 g/mol. The number of rotatable bonds is 5. The fourth-order valence-corrected chi connectivity index (χ4v) is 3.10. The molecule has 1 aromatic carbocycles. The maximum absolute atomic E-state index is 9.23. The summed E-state index contributed by atoms with van der Waals surface area (Å²) < 4.78 is 5.68. The third-order valence-electron chi connectivity index (χ3n) is 4.46. The van der Waals surface area contributed by atoms with Crippen molar-refractivity contribution in [2.75, 3.05) is 44.7 Å². The van der Waals surface area contributed by atoms with Crippen molar-refractivity contribution in [2.45, 2.75) is 6.10 Å². The molecular weight excluding hydrogens is 300 g/mol. The van der Waals surface area contributed by atoms with Crippen molar-refractivity contribution in [3.05, 3.63) is 59.8 Å². The highest BCUT2D eigenvalue weighted by molar-refractivity contribution is 5.53. The SMILES string of the molecule is COC(CN1CCN(c2ncccc2C#N)CC1)c1ccccc1. The van der Waals surface area contributed by atoms with Crippen molar-refractivity contribution in [1.29, 1.82) is 5.26 Å². The molecule has 1 fully saturated rings. The van der Waals surface area contributed by atoms with Crippen molar-refractivity contribution in [3.63, 3.8) is 0 Å². The van der Waals surface area contributed by atoms with E-state index < -0.39 is 0 Å². The predicted octanol–water partition coefficient (Wildman–Crippen LogP) is 2.46. The molecule has 5 heteroatoms. The highest BCUT2D eigenvalue weighted by Crippen LogP contribution is 2.21. The summed E-state index contributed by atoms with van der Waals surface area (Å²) in [7, 11) is 1.76. The van der Waals surface area contributed by atoms with E-state index in [2.05, 4.69) is 33.0 Å². The van der Waals surface area contributed by atoms with Crippen LogP contribution in [0.2, 0.25) is 0 Å². The zero-order chi connectivity index (χ0) is 16.8. The van der Waals surface area contributed by atoms with Gasteiger partial charge >= 0.3 is 0 Å². The van der Waals surface area contributed by atoms with Crippen LogP contribution in [0.1, 0.15) is 17.2 Å². The number of methoxy groups -OCH3 is 1. The molecule has 5 nitrogen and oxygen atoms in total. The molecule has 2 aromatic rings. The molecule has 2 heterocycles. The van der Waals surface area contributed by atoms with E-state index in [1.54, 1.807) is 19.4 Å². The molecule has 1 saturated heterocycles. The Hall–Kier alpha value is -2.42. The minimum atomic E-state index is 0.0854. The normalized spacial score (nSPS) is 16.6. The number of nitriles is 1. The first-order valence-corrected chi connectivity index (χ1v) is 8.22. The lowest BCUT2D eigenvalue weighted by molar-refractivity contribution is 0.0615. The topological polar surface area (TPSA) is 52.4 Å². The van der Waals surface area contributed by atoms with E-state index in [0.717, 1.165) is 38.5 Å². The van der Waals surface area contributed by atoms with Gasteiger partial charge in [-0.25, -0.2) is 4.98 Å². The first-order chi connectivity index (χ1) is 11.8. The lowest BCUT2D eigenvalue weighted by atomic mass is 10.1. The van der Waals surface area contributed by atoms with Crippen molar-refractivity contribution in [2.24, 2.45) is 0 Å². The molecule has 0 aliphatic carbocycles. The second-order valence-corrected chi connectivity index (χ2v) is 5.91. The molecule has 124 valence electrons. The Morgan fingerprint density at radius 2 is 1.88 bits per heavy atom. The van der Waals surface area contributed by atoms with Crippen molar-refractivity contribution in [1.82, 2.24) is 9.88 Å². The third kappa shape index (κ3) is 3.73. The third-order valence-corrected chi connectivity index (χ3v) is 4.46. The van der Waals surface area contributed by atoms with Crippen LogP contribution in [0, 0.1) is 11.3 Å². The molecule has 0 N–H and O–H groups in total. The summed E-state index contributed by atoms with van der Waals surface area (Å²) in [5, 5.41) is 9.23. The quantitative estimate of drug-likeness (QED) is 0.846. The predicted molar refractivity (Wildman–Crippen MR) is 93.8 cm³/mol. The van der Waals surface area contributed by atoms with E-state index in [4.69, 9.17) is 4.74 Å². The second-order valence-electron chi connectivity index (χ2n) is 5.91. The molecule has 0 saturated carbocycles. The average molecular weight is 322 g/mol. The van der Waals surface area contributed by atoms with E-state index in [-0.39, 0.29) is 6.10 Å². The number of pyridine rings is 1. The molecule has 3 rings (SSSR count). The van der Waals surface area contributed by atoms with Crippen LogP contribution in [-0.4, -0.2) is 49.7 Å². The van der Waals surface area contributed by atoms with Crippen molar-refractivity contribution >= 4 is 5.82 Å². The number of benzene rings is 1. The van der Waals surface area contributed by atoms with E-state index in [9.17, 15) is 5.26 Å². The summed E-state index contributed by atoms with van der Waals surface area (Å²) in [5.74, 6) is 0.797. The van der Waals surface area contributed by atoms with Gasteiger partial charge in [0.1, 0.15) is 11.9 Å². The lowest BCUT2D eigenvalue weighted by Gasteiger charge is -2.37. The second kappa shape index (κ2) is 7.91. The molecule has 0 amide bonds. The smallest absolute Gasteiger partial charge is 0.146 e. The van der Waals surface area contributed by atoms with Crippen molar-refractivity contribution in [3.8, 4) is 6.07 Å². The molecule has 1 unspecified atom stereocenters. The van der Waals surface area contributed by atoms with Crippen LogP contribution in [0.5, 0.6) is 0 Å². The Kier molecular flexibility index (Phi) is 5.42. The summed E-state index contributed by atoms with van der Waals surface area (Å²) in [6, 6.07) is 16.2. The van der Waals surface area contributed by atoms with Crippen LogP contribution in [0.25, 0.3) is 0 Å². The van der Waals surface area contributed by atoms with E-state index >= 15 is 0 Å². The van der Waals surface area contributed by atoms with Gasteiger partial charge < -0.3 is 9.64 Å². The standard InChI is InChI=1S/C19H22N4O/c1-24-18(16-6-3-2-4-7-16)15-22-10-12-23(13-11-22)19-17(14-20)8-5-9-21-19/h2-9,18H,10-13,15H2,1H3. The minimum absolute atomic E-state index is 0.0854. The van der Waals surface area contributed by atoms with Gasteiger partial charge in [-0.3, -0.25) is 4.90 Å². The Labute approximate surface area is 143 Å². The Morgan fingerprint density at radius 3 is 2.54 bits per heavy atom. The number of ether oxygens (including phenoxy) is 1. The van der Waals surface area contributed by atoms with E-state index in [0.29, 0.717) is 5.56 Å². The Bertz CT molecular complexity index is 690. The molecule has 0 bridgehead atoms. The molecule has 1 aromatic heterocycles. The molecule has 1 atom stereocenters.